The molecule has 1 aliphatic carbocycles. The summed E-state index contributed by atoms with van der Waals surface area (Å²) in [5.41, 5.74) is 5.54. The fraction of sp³-hybridized carbons (Fsp3) is 0.733. The Balaban J connectivity index is 1.79. The summed E-state index contributed by atoms with van der Waals surface area (Å²) in [5, 5.41) is 0. The summed E-state index contributed by atoms with van der Waals surface area (Å²) in [7, 11) is 1.96. The normalized spacial score (nSPS) is 21.2. The molecule has 2 aliphatic rings. The first-order chi connectivity index (χ1) is 10.2. The molecule has 0 aromatic carbocycles. The van der Waals surface area contributed by atoms with Gasteiger partial charge in [-0.15, -0.1) is 0 Å². The van der Waals surface area contributed by atoms with Crippen molar-refractivity contribution < 1.29 is 9.53 Å². The van der Waals surface area contributed by atoms with Crippen molar-refractivity contribution in [3.63, 3.8) is 0 Å². The van der Waals surface area contributed by atoms with Crippen molar-refractivity contribution in [2.24, 2.45) is 18.2 Å². The third kappa shape index (κ3) is 2.82. The molecular formula is C15H24N4O2. The van der Waals surface area contributed by atoms with E-state index in [1.54, 1.807) is 6.20 Å². The maximum absolute atomic E-state index is 13.1. The van der Waals surface area contributed by atoms with Gasteiger partial charge in [0.15, 0.2) is 0 Å². The summed E-state index contributed by atoms with van der Waals surface area (Å²) < 4.78 is 7.39. The standard InChI is InChI=1S/C15H24N4O2/c1-18-7-6-17-13(18)10-19(12-2-3-12)14(20)15(11-16)4-8-21-9-5-15/h6-7,12H,2-5,8-11,16H2,1H3. The predicted molar refractivity (Wildman–Crippen MR) is 78.3 cm³/mol. The predicted octanol–water partition coefficient (Wildman–Crippen LogP) is 0.667. The minimum Gasteiger partial charge on any atom is -0.381 e. The van der Waals surface area contributed by atoms with Crippen LogP contribution in [-0.4, -0.2) is 46.2 Å². The van der Waals surface area contributed by atoms with E-state index in [-0.39, 0.29) is 5.91 Å². The minimum atomic E-state index is -0.438. The minimum absolute atomic E-state index is 0.193. The van der Waals surface area contributed by atoms with Crippen LogP contribution in [0.2, 0.25) is 0 Å². The molecule has 3 rings (SSSR count). The van der Waals surface area contributed by atoms with Gasteiger partial charge in [0.2, 0.25) is 5.91 Å². The van der Waals surface area contributed by atoms with Crippen molar-refractivity contribution in [1.82, 2.24) is 14.5 Å². The van der Waals surface area contributed by atoms with Gasteiger partial charge in [-0.25, -0.2) is 4.98 Å². The maximum Gasteiger partial charge on any atom is 0.230 e. The van der Waals surface area contributed by atoms with Crippen molar-refractivity contribution in [1.29, 1.82) is 0 Å². The van der Waals surface area contributed by atoms with E-state index in [0.29, 0.717) is 32.3 Å². The van der Waals surface area contributed by atoms with E-state index in [1.165, 1.54) is 0 Å². The highest BCUT2D eigenvalue weighted by atomic mass is 16.5. The zero-order chi connectivity index (χ0) is 14.9. The number of rotatable bonds is 5. The molecule has 6 nitrogen and oxygen atoms in total. The van der Waals surface area contributed by atoms with E-state index in [0.717, 1.165) is 31.5 Å². The van der Waals surface area contributed by atoms with Crippen molar-refractivity contribution in [3.05, 3.63) is 18.2 Å². The van der Waals surface area contributed by atoms with Gasteiger partial charge in [-0.1, -0.05) is 0 Å². The van der Waals surface area contributed by atoms with Crippen LogP contribution in [0.3, 0.4) is 0 Å². The van der Waals surface area contributed by atoms with Gasteiger partial charge < -0.3 is 19.9 Å². The molecule has 0 unspecified atom stereocenters. The van der Waals surface area contributed by atoms with Gasteiger partial charge in [0, 0.05) is 45.2 Å². The molecule has 0 radical (unpaired) electrons. The number of imidazole rings is 1. The molecular weight excluding hydrogens is 268 g/mol. The Hall–Kier alpha value is -1.40. The Kier molecular flexibility index (Phi) is 3.99. The first kappa shape index (κ1) is 14.5. The number of nitrogens with zero attached hydrogens (tertiary/aromatic N) is 3. The van der Waals surface area contributed by atoms with Gasteiger partial charge in [-0.3, -0.25) is 4.79 Å². The lowest BCUT2D eigenvalue weighted by Crippen LogP contribution is -2.51. The highest BCUT2D eigenvalue weighted by molar-refractivity contribution is 5.83. The van der Waals surface area contributed by atoms with Gasteiger partial charge in [-0.05, 0) is 25.7 Å². The summed E-state index contributed by atoms with van der Waals surface area (Å²) in [6, 6.07) is 0.362. The molecule has 2 fully saturated rings. The Morgan fingerprint density at radius 2 is 2.24 bits per heavy atom. The second kappa shape index (κ2) is 5.77. The first-order valence-electron chi connectivity index (χ1n) is 7.71. The van der Waals surface area contributed by atoms with Crippen LogP contribution in [0.5, 0.6) is 0 Å². The van der Waals surface area contributed by atoms with E-state index in [1.807, 2.05) is 22.7 Å². The second-order valence-electron chi connectivity index (χ2n) is 6.22. The third-order valence-electron chi connectivity index (χ3n) is 4.78. The second-order valence-corrected chi connectivity index (χ2v) is 6.22. The molecule has 2 heterocycles. The highest BCUT2D eigenvalue weighted by Crippen LogP contribution is 2.37. The van der Waals surface area contributed by atoms with Gasteiger partial charge in [0.05, 0.1) is 12.0 Å². The molecule has 2 N–H and O–H groups in total. The smallest absolute Gasteiger partial charge is 0.230 e. The summed E-state index contributed by atoms with van der Waals surface area (Å²) in [4.78, 5) is 19.5. The van der Waals surface area contributed by atoms with Gasteiger partial charge >= 0.3 is 0 Å². The molecule has 0 atom stereocenters. The number of hydrogen-bond donors (Lipinski definition) is 1. The number of hydrogen-bond acceptors (Lipinski definition) is 4. The molecule has 0 spiro atoms. The molecule has 1 aromatic heterocycles. The number of carbonyl (C=O) groups excluding carboxylic acids is 1. The highest BCUT2D eigenvalue weighted by Gasteiger charge is 2.45. The van der Waals surface area contributed by atoms with E-state index >= 15 is 0 Å². The lowest BCUT2D eigenvalue weighted by atomic mass is 9.78. The SMILES string of the molecule is Cn1ccnc1CN(C(=O)C1(CN)CCOCC1)C1CC1. The number of amides is 1. The van der Waals surface area contributed by atoms with Gasteiger partial charge in [0.1, 0.15) is 5.82 Å². The first-order valence-corrected chi connectivity index (χ1v) is 7.71. The molecule has 1 aromatic rings. The van der Waals surface area contributed by atoms with Crippen molar-refractivity contribution >= 4 is 5.91 Å². The topological polar surface area (TPSA) is 73.4 Å². The Bertz CT molecular complexity index is 504. The van der Waals surface area contributed by atoms with Crippen LogP contribution in [0.1, 0.15) is 31.5 Å². The molecule has 21 heavy (non-hydrogen) atoms. The molecule has 1 saturated carbocycles. The Morgan fingerprint density at radius 3 is 2.76 bits per heavy atom. The molecule has 0 bridgehead atoms. The van der Waals surface area contributed by atoms with E-state index in [9.17, 15) is 4.79 Å². The average Bonchev–Trinajstić information content (AvgIpc) is 3.28. The van der Waals surface area contributed by atoms with Gasteiger partial charge in [-0.2, -0.15) is 0 Å². The monoisotopic (exact) mass is 292 g/mol. The van der Waals surface area contributed by atoms with Crippen LogP contribution in [0.25, 0.3) is 0 Å². The quantitative estimate of drug-likeness (QED) is 0.865. The van der Waals surface area contributed by atoms with Crippen LogP contribution in [0.15, 0.2) is 12.4 Å². The maximum atomic E-state index is 13.1. The largest absolute Gasteiger partial charge is 0.381 e. The van der Waals surface area contributed by atoms with Crippen molar-refractivity contribution in [3.8, 4) is 0 Å². The van der Waals surface area contributed by atoms with Gasteiger partial charge in [0.25, 0.3) is 0 Å². The number of carbonyl (C=O) groups is 1. The zero-order valence-corrected chi connectivity index (χ0v) is 12.6. The van der Waals surface area contributed by atoms with E-state index in [2.05, 4.69) is 4.98 Å². The number of nitrogens with two attached hydrogens (primary N) is 1. The van der Waals surface area contributed by atoms with Crippen LogP contribution < -0.4 is 5.73 Å². The molecule has 116 valence electrons. The van der Waals surface area contributed by atoms with Crippen LogP contribution >= 0.6 is 0 Å². The lowest BCUT2D eigenvalue weighted by molar-refractivity contribution is -0.148. The van der Waals surface area contributed by atoms with Crippen LogP contribution in [-0.2, 0) is 23.1 Å². The number of ether oxygens (including phenoxy) is 1. The summed E-state index contributed by atoms with van der Waals surface area (Å²) in [6.07, 6.45) is 7.33. The van der Waals surface area contributed by atoms with Crippen LogP contribution in [0, 0.1) is 5.41 Å². The molecule has 6 heteroatoms. The molecule has 1 aliphatic heterocycles. The summed E-state index contributed by atoms with van der Waals surface area (Å²) in [6.45, 7) is 2.24. The lowest BCUT2D eigenvalue weighted by Gasteiger charge is -2.39. The van der Waals surface area contributed by atoms with E-state index < -0.39 is 5.41 Å². The number of aromatic nitrogens is 2. The zero-order valence-electron chi connectivity index (χ0n) is 12.6. The number of aryl methyl sites for hydroxylation is 1. The van der Waals surface area contributed by atoms with Crippen LogP contribution in [0.4, 0.5) is 0 Å². The van der Waals surface area contributed by atoms with E-state index in [4.69, 9.17) is 10.5 Å². The van der Waals surface area contributed by atoms with Crippen molar-refractivity contribution in [2.45, 2.75) is 38.3 Å². The summed E-state index contributed by atoms with van der Waals surface area (Å²) >= 11 is 0. The van der Waals surface area contributed by atoms with Crippen molar-refractivity contribution in [2.75, 3.05) is 19.8 Å². The summed E-state index contributed by atoms with van der Waals surface area (Å²) in [5.74, 6) is 1.12. The third-order valence-corrected chi connectivity index (χ3v) is 4.78. The average molecular weight is 292 g/mol. The fourth-order valence-electron chi connectivity index (χ4n) is 3.03. The molecule has 1 amide bonds. The molecule has 1 saturated heterocycles. The fourth-order valence-corrected chi connectivity index (χ4v) is 3.03. The Morgan fingerprint density at radius 1 is 1.52 bits per heavy atom. The Labute approximate surface area is 125 Å².